The largest absolute Gasteiger partial charge is 0.481 e. The SMILES string of the molecule is CC1(C)[C@H]2C[C@H](NS(=O)(=O)C=CC3CCCCC3)[C@@H](C/C=C\CCCC(=O)O)[C@@H]1C2. The van der Waals surface area contributed by atoms with Crippen molar-refractivity contribution in [2.24, 2.45) is 29.1 Å². The van der Waals surface area contributed by atoms with Crippen LogP contribution in [-0.4, -0.2) is 25.5 Å². The molecule has 0 spiro atoms. The van der Waals surface area contributed by atoms with Gasteiger partial charge in [-0.2, -0.15) is 0 Å². The number of fused-ring (bicyclic) bond motifs is 2. The molecule has 0 aromatic rings. The molecule has 0 radical (unpaired) electrons. The third kappa shape index (κ3) is 5.97. The van der Waals surface area contributed by atoms with Crippen LogP contribution in [0.25, 0.3) is 0 Å². The Labute approximate surface area is 182 Å². The topological polar surface area (TPSA) is 83.5 Å². The molecule has 0 heterocycles. The van der Waals surface area contributed by atoms with Gasteiger partial charge in [0.15, 0.2) is 0 Å². The van der Waals surface area contributed by atoms with Gasteiger partial charge >= 0.3 is 5.97 Å². The summed E-state index contributed by atoms with van der Waals surface area (Å²) in [6.45, 7) is 4.65. The Morgan fingerprint density at radius 1 is 1.13 bits per heavy atom. The predicted molar refractivity (Wildman–Crippen MR) is 120 cm³/mol. The van der Waals surface area contributed by atoms with Crippen LogP contribution in [0.15, 0.2) is 23.6 Å². The first-order valence-electron chi connectivity index (χ1n) is 11.8. The molecule has 0 aromatic carbocycles. The van der Waals surface area contributed by atoms with Crippen molar-refractivity contribution in [2.45, 2.75) is 90.5 Å². The van der Waals surface area contributed by atoms with Crippen LogP contribution in [0.5, 0.6) is 0 Å². The van der Waals surface area contributed by atoms with Crippen molar-refractivity contribution < 1.29 is 18.3 Å². The standard InChI is InChI=1S/C24H39NO4S/c1-24(2)19-16-21(24)20(12-8-3-4-9-13-23(26)27)22(17-19)25-30(28,29)15-14-18-10-6-5-7-11-18/h3,8,14-15,18-22,25H,4-7,9-13,16-17H2,1-2H3,(H,26,27)/b8-3-,15-14?/t19-,20+,21+,22+/m1/s1. The number of hydrogen-bond acceptors (Lipinski definition) is 3. The van der Waals surface area contributed by atoms with Crippen LogP contribution in [0.4, 0.5) is 0 Å². The van der Waals surface area contributed by atoms with E-state index in [-0.39, 0.29) is 17.9 Å². The molecule has 170 valence electrons. The van der Waals surface area contributed by atoms with Gasteiger partial charge in [0, 0.05) is 17.9 Å². The van der Waals surface area contributed by atoms with E-state index in [0.717, 1.165) is 32.1 Å². The molecule has 0 unspecified atom stereocenters. The molecule has 4 atom stereocenters. The van der Waals surface area contributed by atoms with Crippen molar-refractivity contribution in [3.05, 3.63) is 23.6 Å². The minimum absolute atomic E-state index is 0.00792. The highest BCUT2D eigenvalue weighted by Gasteiger charge is 2.57. The Balaban J connectivity index is 1.59. The second-order valence-electron chi connectivity index (χ2n) is 10.2. The van der Waals surface area contributed by atoms with Crippen molar-refractivity contribution in [1.82, 2.24) is 4.72 Å². The quantitative estimate of drug-likeness (QED) is 0.361. The van der Waals surface area contributed by atoms with Gasteiger partial charge in [0.1, 0.15) is 0 Å². The summed E-state index contributed by atoms with van der Waals surface area (Å²) in [7, 11) is -3.42. The van der Waals surface area contributed by atoms with Crippen LogP contribution < -0.4 is 4.72 Å². The van der Waals surface area contributed by atoms with Crippen LogP contribution in [0.1, 0.15) is 84.5 Å². The van der Waals surface area contributed by atoms with E-state index in [0.29, 0.717) is 30.1 Å². The molecular weight excluding hydrogens is 398 g/mol. The van der Waals surface area contributed by atoms with E-state index in [4.69, 9.17) is 5.11 Å². The van der Waals surface area contributed by atoms with Crippen LogP contribution in [0.3, 0.4) is 0 Å². The monoisotopic (exact) mass is 437 g/mol. The van der Waals surface area contributed by atoms with Crippen molar-refractivity contribution in [2.75, 3.05) is 0 Å². The molecule has 2 bridgehead atoms. The number of unbranched alkanes of at least 4 members (excludes halogenated alkanes) is 1. The van der Waals surface area contributed by atoms with E-state index in [2.05, 4.69) is 30.7 Å². The summed E-state index contributed by atoms with van der Waals surface area (Å²) in [5.74, 6) is 1.08. The second kappa shape index (κ2) is 9.99. The summed E-state index contributed by atoms with van der Waals surface area (Å²) in [6, 6.07) is -0.00792. The summed E-state index contributed by atoms with van der Waals surface area (Å²) in [5, 5.41) is 10.2. The summed E-state index contributed by atoms with van der Waals surface area (Å²) in [6.07, 6.45) is 16.5. The number of rotatable bonds is 10. The van der Waals surface area contributed by atoms with Crippen molar-refractivity contribution in [3.8, 4) is 0 Å². The Kier molecular flexibility index (Phi) is 7.83. The first-order chi connectivity index (χ1) is 14.2. The highest BCUT2D eigenvalue weighted by atomic mass is 32.2. The minimum Gasteiger partial charge on any atom is -0.481 e. The number of hydrogen-bond donors (Lipinski definition) is 2. The summed E-state index contributed by atoms with van der Waals surface area (Å²) >= 11 is 0. The number of aliphatic carboxylic acids is 1. The molecule has 0 amide bonds. The Morgan fingerprint density at radius 3 is 2.53 bits per heavy atom. The van der Waals surface area contributed by atoms with Crippen molar-refractivity contribution in [1.29, 1.82) is 0 Å². The first kappa shape index (κ1) is 23.5. The number of carbonyl (C=O) groups is 1. The molecule has 0 aliphatic heterocycles. The molecule has 6 heteroatoms. The maximum absolute atomic E-state index is 12.8. The van der Waals surface area contributed by atoms with E-state index in [1.54, 1.807) is 0 Å². The third-order valence-corrected chi connectivity index (χ3v) is 9.10. The maximum Gasteiger partial charge on any atom is 0.303 e. The fourth-order valence-corrected chi connectivity index (χ4v) is 7.14. The molecule has 0 aromatic heterocycles. The highest BCUT2D eigenvalue weighted by molar-refractivity contribution is 7.92. The highest BCUT2D eigenvalue weighted by Crippen LogP contribution is 2.62. The van der Waals surface area contributed by atoms with Gasteiger partial charge in [-0.05, 0) is 74.0 Å². The van der Waals surface area contributed by atoms with Crippen LogP contribution in [-0.2, 0) is 14.8 Å². The lowest BCUT2D eigenvalue weighted by Gasteiger charge is -2.62. The van der Waals surface area contributed by atoms with Gasteiger partial charge in [0.2, 0.25) is 10.0 Å². The van der Waals surface area contributed by atoms with Gasteiger partial charge in [-0.15, -0.1) is 0 Å². The van der Waals surface area contributed by atoms with E-state index in [9.17, 15) is 13.2 Å². The van der Waals surface area contributed by atoms with Crippen LogP contribution in [0.2, 0.25) is 0 Å². The number of sulfonamides is 1. The minimum atomic E-state index is -3.42. The molecule has 4 aliphatic carbocycles. The Bertz CT molecular complexity index is 749. The summed E-state index contributed by atoms with van der Waals surface area (Å²) < 4.78 is 28.6. The van der Waals surface area contributed by atoms with Crippen LogP contribution in [0, 0.1) is 29.1 Å². The molecular formula is C24H39NO4S. The van der Waals surface area contributed by atoms with Gasteiger partial charge < -0.3 is 5.11 Å². The smallest absolute Gasteiger partial charge is 0.303 e. The molecule has 2 N–H and O–H groups in total. The zero-order chi connectivity index (χ0) is 21.8. The average Bonchev–Trinajstić information content (AvgIpc) is 2.70. The van der Waals surface area contributed by atoms with Gasteiger partial charge in [-0.25, -0.2) is 13.1 Å². The number of carboxylic acid groups (broad SMARTS) is 1. The Morgan fingerprint density at radius 2 is 1.87 bits per heavy atom. The van der Waals surface area contributed by atoms with Gasteiger partial charge in [-0.3, -0.25) is 4.79 Å². The number of nitrogens with one attached hydrogen (secondary N) is 1. The van der Waals surface area contributed by atoms with Gasteiger partial charge in [0.25, 0.3) is 0 Å². The average molecular weight is 438 g/mol. The molecule has 4 saturated carbocycles. The molecule has 30 heavy (non-hydrogen) atoms. The van der Waals surface area contributed by atoms with Gasteiger partial charge in [-0.1, -0.05) is 51.3 Å². The van der Waals surface area contributed by atoms with Gasteiger partial charge in [0.05, 0.1) is 0 Å². The van der Waals surface area contributed by atoms with E-state index >= 15 is 0 Å². The van der Waals surface area contributed by atoms with E-state index in [1.807, 2.05) is 6.08 Å². The second-order valence-corrected chi connectivity index (χ2v) is 11.8. The van der Waals surface area contributed by atoms with Crippen molar-refractivity contribution in [3.63, 3.8) is 0 Å². The lowest BCUT2D eigenvalue weighted by atomic mass is 9.44. The normalized spacial score (nSPS) is 31.8. The maximum atomic E-state index is 12.8. The van der Waals surface area contributed by atoms with Crippen molar-refractivity contribution >= 4 is 16.0 Å². The number of carboxylic acids is 1. The summed E-state index contributed by atoms with van der Waals surface area (Å²) in [4.78, 5) is 10.6. The fraction of sp³-hybridized carbons (Fsp3) is 0.792. The van der Waals surface area contributed by atoms with E-state index in [1.165, 1.54) is 31.1 Å². The van der Waals surface area contributed by atoms with E-state index < -0.39 is 16.0 Å². The third-order valence-electron chi connectivity index (χ3n) is 7.95. The predicted octanol–water partition coefficient (Wildman–Crippen LogP) is 5.25. The molecule has 4 fully saturated rings. The first-order valence-corrected chi connectivity index (χ1v) is 13.3. The number of allylic oxidation sites excluding steroid dienone is 3. The summed E-state index contributed by atoms with van der Waals surface area (Å²) in [5.41, 5.74) is 0.279. The lowest BCUT2D eigenvalue weighted by molar-refractivity contribution is -0.137. The molecule has 0 saturated heterocycles. The lowest BCUT2D eigenvalue weighted by Crippen LogP contribution is -2.61. The fourth-order valence-electron chi connectivity index (χ4n) is 5.94. The molecule has 5 nitrogen and oxygen atoms in total. The zero-order valence-corrected chi connectivity index (χ0v) is 19.4. The zero-order valence-electron chi connectivity index (χ0n) is 18.6. The molecule has 4 rings (SSSR count). The molecule has 4 aliphatic rings. The Hall–Kier alpha value is -1.14. The van der Waals surface area contributed by atoms with Crippen LogP contribution >= 0.6 is 0 Å².